The lowest BCUT2D eigenvalue weighted by Gasteiger charge is -2.20. The van der Waals surface area contributed by atoms with Crippen LogP contribution >= 0.6 is 0 Å². The Balaban J connectivity index is 1.79. The van der Waals surface area contributed by atoms with E-state index in [0.29, 0.717) is 5.92 Å². The van der Waals surface area contributed by atoms with Crippen molar-refractivity contribution in [1.29, 1.82) is 0 Å². The molecule has 2 fully saturated rings. The minimum Gasteiger partial charge on any atom is -0.324 e. The Morgan fingerprint density at radius 3 is 2.80 bits per heavy atom. The van der Waals surface area contributed by atoms with E-state index in [-0.39, 0.29) is 13.0 Å². The van der Waals surface area contributed by atoms with Crippen molar-refractivity contribution >= 4 is 5.91 Å². The van der Waals surface area contributed by atoms with Gasteiger partial charge in [-0.05, 0) is 25.0 Å². The molecule has 1 heterocycles. The van der Waals surface area contributed by atoms with E-state index in [1.54, 1.807) is 11.7 Å². The molecule has 3 rings (SSSR count). The summed E-state index contributed by atoms with van der Waals surface area (Å²) in [6.07, 6.45) is 3.09. The van der Waals surface area contributed by atoms with Crippen molar-refractivity contribution in [1.82, 2.24) is 14.7 Å². The second-order valence-electron chi connectivity index (χ2n) is 5.61. The fraction of sp³-hybridized carbons (Fsp3) is 0.571. The third-order valence-electron chi connectivity index (χ3n) is 3.95. The van der Waals surface area contributed by atoms with Crippen LogP contribution in [0.2, 0.25) is 0 Å². The van der Waals surface area contributed by atoms with Gasteiger partial charge < -0.3 is 4.90 Å². The van der Waals surface area contributed by atoms with Crippen molar-refractivity contribution in [2.75, 3.05) is 0 Å². The number of nitrogens with zero attached hydrogens (tertiary/aromatic N) is 3. The topological polar surface area (TPSA) is 38.1 Å². The van der Waals surface area contributed by atoms with Gasteiger partial charge in [-0.25, -0.2) is 8.78 Å². The number of hydrogen-bond donors (Lipinski definition) is 0. The summed E-state index contributed by atoms with van der Waals surface area (Å²) >= 11 is 0. The van der Waals surface area contributed by atoms with Crippen LogP contribution in [0.4, 0.5) is 8.78 Å². The Morgan fingerprint density at radius 2 is 2.30 bits per heavy atom. The zero-order valence-electron chi connectivity index (χ0n) is 11.4. The van der Waals surface area contributed by atoms with Crippen molar-refractivity contribution in [3.8, 4) is 0 Å². The van der Waals surface area contributed by atoms with Gasteiger partial charge in [-0.15, -0.1) is 0 Å². The largest absolute Gasteiger partial charge is 0.324 e. The van der Waals surface area contributed by atoms with Gasteiger partial charge in [0.25, 0.3) is 5.92 Å². The third kappa shape index (κ3) is 2.34. The molecule has 0 aromatic carbocycles. The standard InChI is InChI=1S/C14H17F2N3O/c1-3-13(20)19(12-7-14(12,15)16)8-10-6-11(9-4-5-9)17-18(10)2/h3,6,9,12H,1,4-5,7-8H2,2H3. The molecule has 0 spiro atoms. The van der Waals surface area contributed by atoms with Gasteiger partial charge in [-0.2, -0.15) is 5.10 Å². The van der Waals surface area contributed by atoms with Gasteiger partial charge >= 0.3 is 0 Å². The zero-order chi connectivity index (χ0) is 14.5. The highest BCUT2D eigenvalue weighted by molar-refractivity contribution is 5.87. The molecule has 1 atom stereocenters. The third-order valence-corrected chi connectivity index (χ3v) is 3.95. The van der Waals surface area contributed by atoms with E-state index in [0.717, 1.165) is 30.3 Å². The molecule has 2 aliphatic rings. The molecule has 1 unspecified atom stereocenters. The number of hydrogen-bond acceptors (Lipinski definition) is 2. The van der Waals surface area contributed by atoms with Crippen LogP contribution in [-0.4, -0.2) is 32.6 Å². The van der Waals surface area contributed by atoms with Crippen molar-refractivity contribution in [3.63, 3.8) is 0 Å². The summed E-state index contributed by atoms with van der Waals surface area (Å²) < 4.78 is 28.2. The van der Waals surface area contributed by atoms with Gasteiger partial charge in [0, 0.05) is 19.4 Å². The van der Waals surface area contributed by atoms with Gasteiger partial charge in [0.1, 0.15) is 6.04 Å². The molecule has 1 aromatic heterocycles. The van der Waals surface area contributed by atoms with Crippen LogP contribution in [0.3, 0.4) is 0 Å². The molecule has 0 aliphatic heterocycles. The fourth-order valence-corrected chi connectivity index (χ4v) is 2.43. The molecule has 4 nitrogen and oxygen atoms in total. The highest BCUT2D eigenvalue weighted by atomic mass is 19.3. The minimum absolute atomic E-state index is 0.154. The number of amides is 1. The summed E-state index contributed by atoms with van der Waals surface area (Å²) in [6.45, 7) is 3.54. The average Bonchev–Trinajstić information content (AvgIpc) is 3.29. The maximum absolute atomic E-state index is 13.2. The second-order valence-corrected chi connectivity index (χ2v) is 5.61. The lowest BCUT2D eigenvalue weighted by Crippen LogP contribution is -2.34. The van der Waals surface area contributed by atoms with E-state index in [1.807, 2.05) is 6.07 Å². The van der Waals surface area contributed by atoms with Gasteiger partial charge in [-0.3, -0.25) is 9.48 Å². The lowest BCUT2D eigenvalue weighted by atomic mass is 10.2. The normalized spacial score (nSPS) is 23.4. The van der Waals surface area contributed by atoms with Crippen LogP contribution < -0.4 is 0 Å². The van der Waals surface area contributed by atoms with Crippen LogP contribution in [0.1, 0.15) is 36.6 Å². The molecule has 20 heavy (non-hydrogen) atoms. The molecule has 2 aliphatic carbocycles. The summed E-state index contributed by atoms with van der Waals surface area (Å²) in [6, 6.07) is 0.911. The fourth-order valence-electron chi connectivity index (χ4n) is 2.43. The van der Waals surface area contributed by atoms with Gasteiger partial charge in [0.05, 0.1) is 17.9 Å². The summed E-state index contributed by atoms with van der Waals surface area (Å²) in [4.78, 5) is 13.0. The Morgan fingerprint density at radius 1 is 1.65 bits per heavy atom. The summed E-state index contributed by atoms with van der Waals surface area (Å²) in [7, 11) is 1.78. The molecule has 1 amide bonds. The first-order chi connectivity index (χ1) is 9.42. The molecule has 6 heteroatoms. The van der Waals surface area contributed by atoms with Crippen molar-refractivity contribution in [2.24, 2.45) is 7.05 Å². The van der Waals surface area contributed by atoms with Crippen molar-refractivity contribution < 1.29 is 13.6 Å². The summed E-state index contributed by atoms with van der Waals surface area (Å²) in [5.74, 6) is -2.72. The Labute approximate surface area is 116 Å². The van der Waals surface area contributed by atoms with Crippen LogP contribution in [-0.2, 0) is 18.4 Å². The molecule has 0 bridgehead atoms. The number of alkyl halides is 2. The highest BCUT2D eigenvalue weighted by Gasteiger charge is 2.61. The molecule has 1 aromatic rings. The van der Waals surface area contributed by atoms with Crippen LogP contribution in [0.15, 0.2) is 18.7 Å². The van der Waals surface area contributed by atoms with Gasteiger partial charge in [0.15, 0.2) is 0 Å². The van der Waals surface area contributed by atoms with Gasteiger partial charge in [-0.1, -0.05) is 6.58 Å². The number of aryl methyl sites for hydroxylation is 1. The number of rotatable bonds is 5. The predicted molar refractivity (Wildman–Crippen MR) is 69.3 cm³/mol. The van der Waals surface area contributed by atoms with Crippen LogP contribution in [0.25, 0.3) is 0 Å². The molecule has 0 radical (unpaired) electrons. The highest BCUT2D eigenvalue weighted by Crippen LogP contribution is 2.46. The lowest BCUT2D eigenvalue weighted by molar-refractivity contribution is -0.128. The van der Waals surface area contributed by atoms with E-state index in [9.17, 15) is 13.6 Å². The molecule has 108 valence electrons. The first-order valence-corrected chi connectivity index (χ1v) is 6.76. The molecule has 2 saturated carbocycles. The first kappa shape index (κ1) is 13.3. The Kier molecular flexibility index (Phi) is 2.92. The monoisotopic (exact) mass is 281 g/mol. The SMILES string of the molecule is C=CC(=O)N(Cc1cc(C2CC2)nn1C)C1CC1(F)F. The van der Waals surface area contributed by atoms with Crippen molar-refractivity contribution in [2.45, 2.75) is 43.7 Å². The first-order valence-electron chi connectivity index (χ1n) is 6.76. The zero-order valence-corrected chi connectivity index (χ0v) is 11.4. The number of halogens is 2. The summed E-state index contributed by atoms with van der Waals surface area (Å²) in [5, 5.41) is 4.39. The van der Waals surface area contributed by atoms with E-state index >= 15 is 0 Å². The molecule has 0 saturated heterocycles. The molecular formula is C14H17F2N3O. The maximum atomic E-state index is 13.2. The van der Waals surface area contributed by atoms with E-state index in [4.69, 9.17) is 0 Å². The summed E-state index contributed by atoms with van der Waals surface area (Å²) in [5.41, 5.74) is 1.78. The van der Waals surface area contributed by atoms with E-state index < -0.39 is 17.9 Å². The molecule has 0 N–H and O–H groups in total. The number of carbonyl (C=O) groups is 1. The van der Waals surface area contributed by atoms with E-state index in [2.05, 4.69) is 11.7 Å². The predicted octanol–water partition coefficient (Wildman–Crippen LogP) is 2.22. The number of aromatic nitrogens is 2. The number of carbonyl (C=O) groups excluding carboxylic acids is 1. The Bertz CT molecular complexity index is 563. The van der Waals surface area contributed by atoms with Gasteiger partial charge in [0.2, 0.25) is 5.91 Å². The second kappa shape index (κ2) is 4.40. The van der Waals surface area contributed by atoms with Crippen molar-refractivity contribution in [3.05, 3.63) is 30.1 Å². The minimum atomic E-state index is -2.77. The van der Waals surface area contributed by atoms with E-state index in [1.165, 1.54) is 4.90 Å². The molecular weight excluding hydrogens is 264 g/mol. The quantitative estimate of drug-likeness (QED) is 0.776. The smallest absolute Gasteiger partial charge is 0.270 e. The van der Waals surface area contributed by atoms with Crippen LogP contribution in [0, 0.1) is 0 Å². The average molecular weight is 281 g/mol. The maximum Gasteiger partial charge on any atom is 0.270 e. The Hall–Kier alpha value is -1.72. The van der Waals surface area contributed by atoms with Crippen LogP contribution in [0.5, 0.6) is 0 Å².